The number of thiophene rings is 1. The maximum absolute atomic E-state index is 12.1. The van der Waals surface area contributed by atoms with Gasteiger partial charge in [-0.2, -0.15) is 0 Å². The number of hydrogen-bond donors (Lipinski definition) is 2. The molecule has 18 heavy (non-hydrogen) atoms. The van der Waals surface area contributed by atoms with Crippen molar-refractivity contribution in [2.75, 3.05) is 5.73 Å². The maximum Gasteiger partial charge on any atom is 0.263 e. The maximum atomic E-state index is 12.1. The molecule has 2 rings (SSSR count). The highest BCUT2D eigenvalue weighted by Gasteiger charge is 2.17. The van der Waals surface area contributed by atoms with Crippen LogP contribution in [0, 0.1) is 6.92 Å². The molecule has 0 aliphatic rings. The first-order valence-corrected chi connectivity index (χ1v) is 6.94. The number of hydrogen-bond acceptors (Lipinski definition) is 3. The molecule has 0 fully saturated rings. The lowest BCUT2D eigenvalue weighted by Crippen LogP contribution is -2.31. The fourth-order valence-corrected chi connectivity index (χ4v) is 2.80. The number of carbonyl (C=O) groups excluding carboxylic acids is 1. The first-order valence-electron chi connectivity index (χ1n) is 6.12. The molecule has 1 unspecified atom stereocenters. The number of fused-ring (bicyclic) bond motifs is 1. The minimum atomic E-state index is -0.0688. The van der Waals surface area contributed by atoms with Gasteiger partial charge in [-0.15, -0.1) is 11.3 Å². The van der Waals surface area contributed by atoms with Crippen molar-refractivity contribution in [3.05, 3.63) is 28.6 Å². The molecule has 0 radical (unpaired) electrons. The quantitative estimate of drug-likeness (QED) is 0.891. The molecule has 3 N–H and O–H groups in total. The number of nitrogens with one attached hydrogen (secondary N) is 1. The van der Waals surface area contributed by atoms with Crippen LogP contribution in [-0.4, -0.2) is 11.9 Å². The summed E-state index contributed by atoms with van der Waals surface area (Å²) >= 11 is 1.46. The second-order valence-corrected chi connectivity index (χ2v) is 5.68. The zero-order valence-corrected chi connectivity index (χ0v) is 11.7. The van der Waals surface area contributed by atoms with Crippen molar-refractivity contribution >= 4 is 33.0 Å². The molecule has 0 saturated carbocycles. The van der Waals surface area contributed by atoms with Gasteiger partial charge in [-0.25, -0.2) is 0 Å². The van der Waals surface area contributed by atoms with Crippen LogP contribution in [0.25, 0.3) is 10.1 Å². The molecule has 1 aromatic carbocycles. The summed E-state index contributed by atoms with van der Waals surface area (Å²) in [5, 5.41) is 3.93. The van der Waals surface area contributed by atoms with Crippen LogP contribution in [0.4, 0.5) is 5.69 Å². The minimum Gasteiger partial charge on any atom is -0.397 e. The van der Waals surface area contributed by atoms with Crippen LogP contribution in [0.5, 0.6) is 0 Å². The SMILES string of the molecule is CCC(C)NC(=O)c1sc2ccc(C)cc2c1N. The Morgan fingerprint density at radius 3 is 2.89 bits per heavy atom. The van der Waals surface area contributed by atoms with E-state index in [0.717, 1.165) is 22.1 Å². The third-order valence-electron chi connectivity index (χ3n) is 3.08. The standard InChI is InChI=1S/C14H18N2OS/c1-4-9(3)16-14(17)13-12(15)10-7-8(2)5-6-11(10)18-13/h5-7,9H,4,15H2,1-3H3,(H,16,17). The van der Waals surface area contributed by atoms with Gasteiger partial charge in [-0.05, 0) is 32.4 Å². The molecule has 0 saturated heterocycles. The van der Waals surface area contributed by atoms with Crippen molar-refractivity contribution < 1.29 is 4.79 Å². The number of nitrogens with two attached hydrogens (primary N) is 1. The molecular formula is C14H18N2OS. The molecule has 1 atom stereocenters. The lowest BCUT2D eigenvalue weighted by molar-refractivity contribution is 0.0944. The van der Waals surface area contributed by atoms with Crippen molar-refractivity contribution in [1.29, 1.82) is 0 Å². The van der Waals surface area contributed by atoms with Crippen LogP contribution in [0.2, 0.25) is 0 Å². The van der Waals surface area contributed by atoms with Gasteiger partial charge in [0, 0.05) is 16.1 Å². The molecule has 1 amide bonds. The average molecular weight is 262 g/mol. The second-order valence-electron chi connectivity index (χ2n) is 4.63. The average Bonchev–Trinajstić information content (AvgIpc) is 2.66. The Kier molecular flexibility index (Phi) is 3.57. The number of rotatable bonds is 3. The Morgan fingerprint density at radius 2 is 2.22 bits per heavy atom. The summed E-state index contributed by atoms with van der Waals surface area (Å²) in [7, 11) is 0. The zero-order chi connectivity index (χ0) is 13.3. The highest BCUT2D eigenvalue weighted by Crippen LogP contribution is 2.34. The summed E-state index contributed by atoms with van der Waals surface area (Å²) in [6.45, 7) is 6.06. The molecule has 1 aromatic heterocycles. The van der Waals surface area contributed by atoms with E-state index in [1.54, 1.807) is 0 Å². The van der Waals surface area contributed by atoms with E-state index >= 15 is 0 Å². The lowest BCUT2D eigenvalue weighted by Gasteiger charge is -2.10. The number of amides is 1. The number of benzene rings is 1. The number of carbonyl (C=O) groups is 1. The van der Waals surface area contributed by atoms with Gasteiger partial charge in [-0.3, -0.25) is 4.79 Å². The van der Waals surface area contributed by atoms with E-state index in [1.165, 1.54) is 11.3 Å². The van der Waals surface area contributed by atoms with Gasteiger partial charge < -0.3 is 11.1 Å². The molecule has 0 aliphatic heterocycles. The summed E-state index contributed by atoms with van der Waals surface area (Å²) in [5.41, 5.74) is 7.83. The third kappa shape index (κ3) is 2.34. The van der Waals surface area contributed by atoms with E-state index in [0.29, 0.717) is 10.6 Å². The Balaban J connectivity index is 2.40. The monoisotopic (exact) mass is 262 g/mol. The van der Waals surface area contributed by atoms with Crippen molar-refractivity contribution in [3.63, 3.8) is 0 Å². The number of aryl methyl sites for hydroxylation is 1. The third-order valence-corrected chi connectivity index (χ3v) is 4.26. The number of anilines is 1. The molecule has 3 nitrogen and oxygen atoms in total. The molecule has 0 spiro atoms. The highest BCUT2D eigenvalue weighted by atomic mass is 32.1. The van der Waals surface area contributed by atoms with E-state index in [9.17, 15) is 4.79 Å². The predicted octanol–water partition coefficient (Wildman–Crippen LogP) is 3.32. The molecular weight excluding hydrogens is 244 g/mol. The molecule has 1 heterocycles. The molecule has 0 aliphatic carbocycles. The van der Waals surface area contributed by atoms with Crippen LogP contribution >= 0.6 is 11.3 Å². The Hall–Kier alpha value is -1.55. The predicted molar refractivity (Wildman–Crippen MR) is 78.2 cm³/mol. The van der Waals surface area contributed by atoms with Gasteiger partial charge in [0.25, 0.3) is 5.91 Å². The second kappa shape index (κ2) is 4.98. The first kappa shape index (κ1) is 12.9. The molecule has 2 aromatic rings. The molecule has 0 bridgehead atoms. The lowest BCUT2D eigenvalue weighted by atomic mass is 10.1. The molecule has 4 heteroatoms. The van der Waals surface area contributed by atoms with Gasteiger partial charge in [0.05, 0.1) is 5.69 Å². The van der Waals surface area contributed by atoms with Crippen molar-refractivity contribution in [2.24, 2.45) is 0 Å². The van der Waals surface area contributed by atoms with E-state index in [1.807, 2.05) is 39.0 Å². The molecule has 96 valence electrons. The summed E-state index contributed by atoms with van der Waals surface area (Å²) in [5.74, 6) is -0.0688. The first-order chi connectivity index (χ1) is 8.52. The fraction of sp³-hybridized carbons (Fsp3) is 0.357. The van der Waals surface area contributed by atoms with Gasteiger partial charge in [0.2, 0.25) is 0 Å². The smallest absolute Gasteiger partial charge is 0.263 e. The fourth-order valence-electron chi connectivity index (χ4n) is 1.79. The van der Waals surface area contributed by atoms with Crippen LogP contribution in [0.15, 0.2) is 18.2 Å². The van der Waals surface area contributed by atoms with Gasteiger partial charge in [0.1, 0.15) is 4.88 Å². The van der Waals surface area contributed by atoms with Crippen LogP contribution < -0.4 is 11.1 Å². The van der Waals surface area contributed by atoms with E-state index in [2.05, 4.69) is 5.32 Å². The zero-order valence-electron chi connectivity index (χ0n) is 10.9. The van der Waals surface area contributed by atoms with Crippen molar-refractivity contribution in [1.82, 2.24) is 5.32 Å². The van der Waals surface area contributed by atoms with Crippen LogP contribution in [0.1, 0.15) is 35.5 Å². The van der Waals surface area contributed by atoms with E-state index < -0.39 is 0 Å². The minimum absolute atomic E-state index is 0.0688. The normalized spacial score (nSPS) is 12.6. The van der Waals surface area contributed by atoms with Crippen LogP contribution in [-0.2, 0) is 0 Å². The summed E-state index contributed by atoms with van der Waals surface area (Å²) in [4.78, 5) is 12.7. The summed E-state index contributed by atoms with van der Waals surface area (Å²) < 4.78 is 1.06. The largest absolute Gasteiger partial charge is 0.397 e. The van der Waals surface area contributed by atoms with Crippen LogP contribution in [0.3, 0.4) is 0 Å². The van der Waals surface area contributed by atoms with Gasteiger partial charge in [-0.1, -0.05) is 18.6 Å². The Bertz CT molecular complexity index is 589. The van der Waals surface area contributed by atoms with E-state index in [-0.39, 0.29) is 11.9 Å². The highest BCUT2D eigenvalue weighted by molar-refractivity contribution is 7.21. The van der Waals surface area contributed by atoms with Crippen molar-refractivity contribution in [3.8, 4) is 0 Å². The van der Waals surface area contributed by atoms with Gasteiger partial charge >= 0.3 is 0 Å². The summed E-state index contributed by atoms with van der Waals surface area (Å²) in [6, 6.07) is 6.26. The van der Waals surface area contributed by atoms with Crippen molar-refractivity contribution in [2.45, 2.75) is 33.2 Å². The topological polar surface area (TPSA) is 55.1 Å². The summed E-state index contributed by atoms with van der Waals surface area (Å²) in [6.07, 6.45) is 0.912. The Labute approximate surface area is 111 Å². The van der Waals surface area contributed by atoms with E-state index in [4.69, 9.17) is 5.73 Å². The Morgan fingerprint density at radius 1 is 1.50 bits per heavy atom. The van der Waals surface area contributed by atoms with Gasteiger partial charge in [0.15, 0.2) is 0 Å². The number of nitrogen functional groups attached to an aromatic ring is 1.